The standard InChI is InChI=1S/C11H14INO/c12-10-5-4-9(11(13)6-14)7-2-1-3-8(7)10/h4-5,11,14H,1-3,6,13H2/t11-/m0/s1. The van der Waals surface area contributed by atoms with Crippen LogP contribution >= 0.6 is 22.6 Å². The first-order chi connectivity index (χ1) is 6.74. The molecule has 0 aliphatic heterocycles. The number of hydrogen-bond donors (Lipinski definition) is 2. The Labute approximate surface area is 97.6 Å². The number of hydrogen-bond acceptors (Lipinski definition) is 2. The third kappa shape index (κ3) is 1.68. The predicted octanol–water partition coefficient (Wildman–Crippen LogP) is 1.77. The van der Waals surface area contributed by atoms with E-state index in [9.17, 15) is 0 Å². The molecular weight excluding hydrogens is 289 g/mol. The first kappa shape index (κ1) is 10.4. The average molecular weight is 303 g/mol. The molecule has 1 atom stereocenters. The number of halogens is 1. The lowest BCUT2D eigenvalue weighted by Gasteiger charge is -2.14. The van der Waals surface area contributed by atoms with E-state index >= 15 is 0 Å². The molecule has 0 saturated heterocycles. The smallest absolute Gasteiger partial charge is 0.0624 e. The molecule has 14 heavy (non-hydrogen) atoms. The highest BCUT2D eigenvalue weighted by molar-refractivity contribution is 14.1. The van der Waals surface area contributed by atoms with Crippen LogP contribution in [0.1, 0.15) is 29.2 Å². The maximum absolute atomic E-state index is 9.06. The van der Waals surface area contributed by atoms with Gasteiger partial charge in [0.05, 0.1) is 12.6 Å². The molecule has 0 saturated carbocycles. The summed E-state index contributed by atoms with van der Waals surface area (Å²) >= 11 is 2.37. The van der Waals surface area contributed by atoms with Crippen molar-refractivity contribution < 1.29 is 5.11 Å². The lowest BCUT2D eigenvalue weighted by molar-refractivity contribution is 0.267. The molecule has 2 rings (SSSR count). The summed E-state index contributed by atoms with van der Waals surface area (Å²) in [6, 6.07) is 3.96. The highest BCUT2D eigenvalue weighted by Crippen LogP contribution is 2.31. The summed E-state index contributed by atoms with van der Waals surface area (Å²) in [7, 11) is 0. The minimum absolute atomic E-state index is 0.0348. The third-order valence-corrected chi connectivity index (χ3v) is 3.87. The van der Waals surface area contributed by atoms with Crippen LogP contribution in [0.2, 0.25) is 0 Å². The third-order valence-electron chi connectivity index (χ3n) is 2.86. The molecule has 0 aromatic heterocycles. The Morgan fingerprint density at radius 3 is 2.79 bits per heavy atom. The summed E-state index contributed by atoms with van der Waals surface area (Å²) < 4.78 is 1.34. The molecule has 2 nitrogen and oxygen atoms in total. The lowest BCUT2D eigenvalue weighted by atomic mass is 9.98. The molecule has 0 radical (unpaired) electrons. The number of benzene rings is 1. The molecule has 0 spiro atoms. The fourth-order valence-electron chi connectivity index (χ4n) is 2.14. The Balaban J connectivity index is 2.48. The normalized spacial score (nSPS) is 16.8. The molecule has 1 aromatic rings. The summed E-state index contributed by atoms with van der Waals surface area (Å²) in [5.41, 5.74) is 9.84. The molecule has 3 N–H and O–H groups in total. The highest BCUT2D eigenvalue weighted by atomic mass is 127. The lowest BCUT2D eigenvalue weighted by Crippen LogP contribution is -2.16. The molecule has 0 fully saturated rings. The van der Waals surface area contributed by atoms with Crippen molar-refractivity contribution in [3.63, 3.8) is 0 Å². The quantitative estimate of drug-likeness (QED) is 0.818. The van der Waals surface area contributed by atoms with E-state index in [4.69, 9.17) is 10.8 Å². The van der Waals surface area contributed by atoms with Gasteiger partial charge >= 0.3 is 0 Å². The molecule has 1 aliphatic carbocycles. The molecule has 0 unspecified atom stereocenters. The second kappa shape index (κ2) is 4.16. The van der Waals surface area contributed by atoms with Crippen molar-refractivity contribution in [2.75, 3.05) is 6.61 Å². The van der Waals surface area contributed by atoms with Crippen molar-refractivity contribution in [1.82, 2.24) is 0 Å². The number of rotatable bonds is 2. The van der Waals surface area contributed by atoms with Gasteiger partial charge in [-0.3, -0.25) is 0 Å². The minimum Gasteiger partial charge on any atom is -0.394 e. The fraction of sp³-hybridized carbons (Fsp3) is 0.455. The van der Waals surface area contributed by atoms with Crippen molar-refractivity contribution in [2.45, 2.75) is 25.3 Å². The predicted molar refractivity (Wildman–Crippen MR) is 65.2 cm³/mol. The second-order valence-corrected chi connectivity index (χ2v) is 4.90. The molecule has 3 heteroatoms. The molecular formula is C11H14INO. The van der Waals surface area contributed by atoms with Crippen molar-refractivity contribution in [2.24, 2.45) is 5.73 Å². The van der Waals surface area contributed by atoms with Gasteiger partial charge in [-0.25, -0.2) is 0 Å². The van der Waals surface area contributed by atoms with E-state index in [-0.39, 0.29) is 12.6 Å². The van der Waals surface area contributed by atoms with Gasteiger partial charge < -0.3 is 10.8 Å². The minimum atomic E-state index is -0.209. The maximum atomic E-state index is 9.06. The fourth-order valence-corrected chi connectivity index (χ4v) is 2.91. The molecule has 0 bridgehead atoms. The van der Waals surface area contributed by atoms with E-state index in [1.54, 1.807) is 0 Å². The molecule has 0 heterocycles. The van der Waals surface area contributed by atoms with E-state index in [2.05, 4.69) is 34.7 Å². The van der Waals surface area contributed by atoms with Crippen molar-refractivity contribution in [3.8, 4) is 0 Å². The van der Waals surface area contributed by atoms with Crippen molar-refractivity contribution in [3.05, 3.63) is 32.4 Å². The number of aliphatic hydroxyl groups is 1. The van der Waals surface area contributed by atoms with Crippen molar-refractivity contribution >= 4 is 22.6 Å². The van der Waals surface area contributed by atoms with Crippen LogP contribution in [0.25, 0.3) is 0 Å². The van der Waals surface area contributed by atoms with Crippen LogP contribution < -0.4 is 5.73 Å². The van der Waals surface area contributed by atoms with Crippen molar-refractivity contribution in [1.29, 1.82) is 0 Å². The van der Waals surface area contributed by atoms with Gasteiger partial charge in [0.1, 0.15) is 0 Å². The Morgan fingerprint density at radius 2 is 2.07 bits per heavy atom. The van der Waals surface area contributed by atoms with Gasteiger partial charge in [0, 0.05) is 3.57 Å². The topological polar surface area (TPSA) is 46.2 Å². The van der Waals surface area contributed by atoms with Crippen LogP contribution in [-0.2, 0) is 12.8 Å². The van der Waals surface area contributed by atoms with E-state index in [1.165, 1.54) is 27.5 Å². The Hall–Kier alpha value is -0.130. The van der Waals surface area contributed by atoms with E-state index in [0.717, 1.165) is 12.0 Å². The average Bonchev–Trinajstić information content (AvgIpc) is 2.67. The molecule has 0 amide bonds. The first-order valence-corrected chi connectivity index (χ1v) is 5.98. The monoisotopic (exact) mass is 303 g/mol. The van der Waals surface area contributed by atoms with E-state index in [0.29, 0.717) is 0 Å². The number of aliphatic hydroxyl groups excluding tert-OH is 1. The summed E-state index contributed by atoms with van der Waals surface area (Å²) in [5.74, 6) is 0. The van der Waals surface area contributed by atoms with Gasteiger partial charge in [-0.05, 0) is 64.6 Å². The Morgan fingerprint density at radius 1 is 1.36 bits per heavy atom. The number of nitrogens with two attached hydrogens (primary N) is 1. The van der Waals surface area contributed by atoms with Crippen LogP contribution in [0.5, 0.6) is 0 Å². The van der Waals surface area contributed by atoms with Crippen LogP contribution in [0.15, 0.2) is 12.1 Å². The first-order valence-electron chi connectivity index (χ1n) is 4.90. The summed E-state index contributed by atoms with van der Waals surface area (Å²) in [5, 5.41) is 9.06. The zero-order valence-electron chi connectivity index (χ0n) is 7.96. The Bertz CT molecular complexity index is 351. The van der Waals surface area contributed by atoms with E-state index in [1.807, 2.05) is 0 Å². The van der Waals surface area contributed by atoms with Gasteiger partial charge in [-0.1, -0.05) is 6.07 Å². The zero-order valence-corrected chi connectivity index (χ0v) is 10.1. The SMILES string of the molecule is N[C@@H](CO)c1ccc(I)c2c1CCC2. The van der Waals surface area contributed by atoms with Crippen LogP contribution in [0.4, 0.5) is 0 Å². The maximum Gasteiger partial charge on any atom is 0.0624 e. The summed E-state index contributed by atoms with van der Waals surface area (Å²) in [6.07, 6.45) is 3.51. The van der Waals surface area contributed by atoms with Gasteiger partial charge in [0.2, 0.25) is 0 Å². The molecule has 1 aromatic carbocycles. The van der Waals surface area contributed by atoms with Gasteiger partial charge in [0.25, 0.3) is 0 Å². The van der Waals surface area contributed by atoms with Gasteiger partial charge in [-0.2, -0.15) is 0 Å². The van der Waals surface area contributed by atoms with Gasteiger partial charge in [-0.15, -0.1) is 0 Å². The Kier molecular flexibility index (Phi) is 3.09. The van der Waals surface area contributed by atoms with E-state index < -0.39 is 0 Å². The highest BCUT2D eigenvalue weighted by Gasteiger charge is 2.19. The largest absolute Gasteiger partial charge is 0.394 e. The second-order valence-electron chi connectivity index (χ2n) is 3.74. The van der Waals surface area contributed by atoms with Crippen LogP contribution in [0.3, 0.4) is 0 Å². The zero-order chi connectivity index (χ0) is 10.1. The summed E-state index contributed by atoms with van der Waals surface area (Å²) in [6.45, 7) is 0.0348. The summed E-state index contributed by atoms with van der Waals surface area (Å²) in [4.78, 5) is 0. The number of fused-ring (bicyclic) bond motifs is 1. The molecule has 1 aliphatic rings. The van der Waals surface area contributed by atoms with Crippen LogP contribution in [-0.4, -0.2) is 11.7 Å². The van der Waals surface area contributed by atoms with Crippen LogP contribution in [0, 0.1) is 3.57 Å². The van der Waals surface area contributed by atoms with Gasteiger partial charge in [0.15, 0.2) is 0 Å². The molecule has 76 valence electrons.